The molecule has 1 amide bonds. The topological polar surface area (TPSA) is 32.3 Å². The second-order valence-corrected chi connectivity index (χ2v) is 5.57. The number of nitrogens with one attached hydrogen (secondary N) is 1. The zero-order valence-corrected chi connectivity index (χ0v) is 12.2. The van der Waals surface area contributed by atoms with Gasteiger partial charge in [-0.15, -0.1) is 0 Å². The number of anilines is 3. The van der Waals surface area contributed by atoms with Crippen molar-refractivity contribution in [2.45, 2.75) is 0 Å². The summed E-state index contributed by atoms with van der Waals surface area (Å²) in [6, 6.07) is 13.3. The third kappa shape index (κ3) is 2.33. The van der Waals surface area contributed by atoms with E-state index in [1.807, 2.05) is 47.4 Å². The van der Waals surface area contributed by atoms with Crippen LogP contribution in [0.5, 0.6) is 0 Å². The monoisotopic (exact) mass is 336 g/mol. The lowest BCUT2D eigenvalue weighted by Crippen LogP contribution is -2.35. The second-order valence-electron chi connectivity index (χ2n) is 4.25. The van der Waals surface area contributed by atoms with Crippen LogP contribution in [0, 0.1) is 0 Å². The van der Waals surface area contributed by atoms with Gasteiger partial charge in [-0.05, 0) is 30.3 Å². The van der Waals surface area contributed by atoms with Gasteiger partial charge < -0.3 is 10.2 Å². The highest BCUT2D eigenvalue weighted by molar-refractivity contribution is 9.10. The summed E-state index contributed by atoms with van der Waals surface area (Å²) < 4.78 is 0.958. The molecule has 1 aliphatic heterocycles. The van der Waals surface area contributed by atoms with Crippen molar-refractivity contribution in [3.05, 3.63) is 52.0 Å². The Labute approximate surface area is 124 Å². The predicted octanol–water partition coefficient (Wildman–Crippen LogP) is 4.19. The van der Waals surface area contributed by atoms with E-state index in [1.165, 1.54) is 0 Å². The van der Waals surface area contributed by atoms with Crippen LogP contribution < -0.4 is 10.2 Å². The van der Waals surface area contributed by atoms with Gasteiger partial charge in [-0.25, -0.2) is 0 Å². The first-order valence-electron chi connectivity index (χ1n) is 5.76. The molecule has 0 saturated heterocycles. The van der Waals surface area contributed by atoms with Crippen molar-refractivity contribution in [3.8, 4) is 0 Å². The van der Waals surface area contributed by atoms with E-state index in [4.69, 9.17) is 11.6 Å². The number of amides is 1. The molecule has 3 rings (SSSR count). The summed E-state index contributed by atoms with van der Waals surface area (Å²) in [7, 11) is 0. The fraction of sp³-hybridized carbons (Fsp3) is 0.0714. The summed E-state index contributed by atoms with van der Waals surface area (Å²) in [5.41, 5.74) is 2.56. The van der Waals surface area contributed by atoms with Gasteiger partial charge in [0.15, 0.2) is 0 Å². The number of rotatable bonds is 1. The Kier molecular flexibility index (Phi) is 3.21. The maximum Gasteiger partial charge on any atom is 0.244 e. The number of benzene rings is 2. The molecule has 0 radical (unpaired) electrons. The number of carbonyl (C=O) groups is 1. The molecule has 3 nitrogen and oxygen atoms in total. The van der Waals surface area contributed by atoms with Gasteiger partial charge in [0.2, 0.25) is 5.91 Å². The smallest absolute Gasteiger partial charge is 0.244 e. The highest BCUT2D eigenvalue weighted by Crippen LogP contribution is 2.39. The minimum atomic E-state index is -0.0465. The van der Waals surface area contributed by atoms with E-state index in [2.05, 4.69) is 21.2 Å². The average Bonchev–Trinajstić information content (AvgIpc) is 2.39. The summed E-state index contributed by atoms with van der Waals surface area (Å²) in [4.78, 5) is 13.7. The summed E-state index contributed by atoms with van der Waals surface area (Å²) in [6.45, 7) is 0.257. The van der Waals surface area contributed by atoms with Gasteiger partial charge in [-0.2, -0.15) is 0 Å². The highest BCUT2D eigenvalue weighted by atomic mass is 79.9. The van der Waals surface area contributed by atoms with E-state index in [0.717, 1.165) is 21.5 Å². The number of nitrogens with zero attached hydrogens (tertiary/aromatic N) is 1. The lowest BCUT2D eigenvalue weighted by Gasteiger charge is -2.31. The van der Waals surface area contributed by atoms with Crippen LogP contribution in [0.3, 0.4) is 0 Å². The summed E-state index contributed by atoms with van der Waals surface area (Å²) >= 11 is 9.68. The summed E-state index contributed by atoms with van der Waals surface area (Å²) in [6.07, 6.45) is 0. The fourth-order valence-corrected chi connectivity index (χ4v) is 2.72. The quantitative estimate of drug-likeness (QED) is 0.846. The Bertz CT molecular complexity index is 660. The van der Waals surface area contributed by atoms with Crippen LogP contribution in [0.2, 0.25) is 5.02 Å². The largest absolute Gasteiger partial charge is 0.329 e. The summed E-state index contributed by atoms with van der Waals surface area (Å²) in [5.74, 6) is -0.0465. The Morgan fingerprint density at radius 1 is 1.16 bits per heavy atom. The Balaban J connectivity index is 2.16. The van der Waals surface area contributed by atoms with E-state index in [0.29, 0.717) is 5.02 Å². The van der Waals surface area contributed by atoms with Crippen LogP contribution >= 0.6 is 27.5 Å². The van der Waals surface area contributed by atoms with E-state index in [9.17, 15) is 4.79 Å². The standard InChI is InChI=1S/C14H10BrClN2O/c15-9-5-6-11-13(7-9)18(8-14(19)17-11)12-4-2-1-3-10(12)16/h1-7H,8H2,(H,17,19). The van der Waals surface area contributed by atoms with E-state index in [-0.39, 0.29) is 12.5 Å². The lowest BCUT2D eigenvalue weighted by molar-refractivity contribution is -0.115. The molecule has 5 heteroatoms. The zero-order valence-electron chi connectivity index (χ0n) is 9.86. The van der Waals surface area contributed by atoms with Crippen LogP contribution in [-0.4, -0.2) is 12.5 Å². The first-order chi connectivity index (χ1) is 9.15. The maximum absolute atomic E-state index is 11.8. The molecule has 0 unspecified atom stereocenters. The summed E-state index contributed by atoms with van der Waals surface area (Å²) in [5, 5.41) is 3.49. The van der Waals surface area contributed by atoms with Crippen molar-refractivity contribution < 1.29 is 4.79 Å². The number of carbonyl (C=O) groups excluding carboxylic acids is 1. The number of halogens is 2. The van der Waals surface area contributed by atoms with Crippen LogP contribution in [-0.2, 0) is 4.79 Å². The first kappa shape index (κ1) is 12.5. The van der Waals surface area contributed by atoms with Crippen molar-refractivity contribution in [2.75, 3.05) is 16.8 Å². The van der Waals surface area contributed by atoms with E-state index in [1.54, 1.807) is 0 Å². The molecule has 0 aromatic heterocycles. The van der Waals surface area contributed by atoms with Gasteiger partial charge >= 0.3 is 0 Å². The normalized spacial score (nSPS) is 14.0. The third-order valence-corrected chi connectivity index (χ3v) is 3.78. The molecule has 0 bridgehead atoms. The van der Waals surface area contributed by atoms with Crippen LogP contribution in [0.4, 0.5) is 17.1 Å². The third-order valence-electron chi connectivity index (χ3n) is 2.97. The van der Waals surface area contributed by atoms with Gasteiger partial charge in [0.25, 0.3) is 0 Å². The van der Waals surface area contributed by atoms with Crippen LogP contribution in [0.25, 0.3) is 0 Å². The minimum absolute atomic E-state index is 0.0465. The molecule has 1 aliphatic rings. The Morgan fingerprint density at radius 2 is 1.95 bits per heavy atom. The van der Waals surface area contributed by atoms with Gasteiger partial charge in [0, 0.05) is 4.47 Å². The SMILES string of the molecule is O=C1CN(c2ccccc2Cl)c2cc(Br)ccc2N1. The lowest BCUT2D eigenvalue weighted by atomic mass is 10.1. The molecule has 1 heterocycles. The minimum Gasteiger partial charge on any atom is -0.329 e. The van der Waals surface area contributed by atoms with Crippen molar-refractivity contribution in [1.82, 2.24) is 0 Å². The molecule has 96 valence electrons. The van der Waals surface area contributed by atoms with Crippen molar-refractivity contribution >= 4 is 50.5 Å². The molecule has 0 atom stereocenters. The molecule has 0 saturated carbocycles. The van der Waals surface area contributed by atoms with Crippen LogP contribution in [0.1, 0.15) is 0 Å². The van der Waals surface area contributed by atoms with E-state index < -0.39 is 0 Å². The molecule has 0 spiro atoms. The number of hydrogen-bond acceptors (Lipinski definition) is 2. The number of para-hydroxylation sites is 1. The molecular formula is C14H10BrClN2O. The molecule has 1 N–H and O–H groups in total. The molecule has 2 aromatic rings. The second kappa shape index (κ2) is 4.87. The fourth-order valence-electron chi connectivity index (χ4n) is 2.14. The first-order valence-corrected chi connectivity index (χ1v) is 6.94. The van der Waals surface area contributed by atoms with Crippen molar-refractivity contribution in [3.63, 3.8) is 0 Å². The molecule has 0 fully saturated rings. The molecule has 0 aliphatic carbocycles. The van der Waals surface area contributed by atoms with Crippen molar-refractivity contribution in [1.29, 1.82) is 0 Å². The Morgan fingerprint density at radius 3 is 2.74 bits per heavy atom. The highest BCUT2D eigenvalue weighted by Gasteiger charge is 2.24. The van der Waals surface area contributed by atoms with E-state index >= 15 is 0 Å². The zero-order chi connectivity index (χ0) is 13.4. The van der Waals surface area contributed by atoms with Crippen LogP contribution in [0.15, 0.2) is 46.9 Å². The molecule has 19 heavy (non-hydrogen) atoms. The average molecular weight is 338 g/mol. The maximum atomic E-state index is 11.8. The number of hydrogen-bond donors (Lipinski definition) is 1. The molecular weight excluding hydrogens is 328 g/mol. The van der Waals surface area contributed by atoms with Gasteiger partial charge in [0.05, 0.1) is 22.1 Å². The predicted molar refractivity (Wildman–Crippen MR) is 81.2 cm³/mol. The number of fused-ring (bicyclic) bond motifs is 1. The molecule has 2 aromatic carbocycles. The van der Waals surface area contributed by atoms with Gasteiger partial charge in [-0.3, -0.25) is 4.79 Å². The van der Waals surface area contributed by atoms with Gasteiger partial charge in [-0.1, -0.05) is 39.7 Å². The van der Waals surface area contributed by atoms with Crippen molar-refractivity contribution in [2.24, 2.45) is 0 Å². The Hall–Kier alpha value is -1.52. The van der Waals surface area contributed by atoms with Gasteiger partial charge in [0.1, 0.15) is 6.54 Å².